The van der Waals surface area contributed by atoms with E-state index in [2.05, 4.69) is 5.32 Å². The highest BCUT2D eigenvalue weighted by molar-refractivity contribution is 5.86. The maximum Gasteiger partial charge on any atom is 0.326 e. The second-order valence-electron chi connectivity index (χ2n) is 4.98. The molecule has 5 heteroatoms. The molecule has 5 nitrogen and oxygen atoms in total. The highest BCUT2D eigenvalue weighted by atomic mass is 16.5. The Balaban J connectivity index is 2.75. The molecule has 0 aromatic heterocycles. The number of nitrogens with one attached hydrogen (secondary N) is 1. The number of allylic oxidation sites excluding steroid dienone is 1. The van der Waals surface area contributed by atoms with Crippen LogP contribution in [-0.4, -0.2) is 29.1 Å². The van der Waals surface area contributed by atoms with Gasteiger partial charge in [-0.2, -0.15) is 0 Å². The van der Waals surface area contributed by atoms with Gasteiger partial charge in [0.15, 0.2) is 6.10 Å². The summed E-state index contributed by atoms with van der Waals surface area (Å²) in [5, 5.41) is 11.7. The zero-order valence-corrected chi connectivity index (χ0v) is 13.2. The van der Waals surface area contributed by atoms with Crippen molar-refractivity contribution in [3.8, 4) is 5.75 Å². The molecule has 1 aromatic carbocycles. The third-order valence-corrected chi connectivity index (χ3v) is 3.25. The fraction of sp³-hybridized carbons (Fsp3) is 0.412. The highest BCUT2D eigenvalue weighted by Gasteiger charge is 2.25. The number of ether oxygens (including phenoxy) is 1. The van der Waals surface area contributed by atoms with E-state index in [0.717, 1.165) is 5.56 Å². The van der Waals surface area contributed by atoms with E-state index >= 15 is 0 Å². The van der Waals surface area contributed by atoms with Crippen molar-refractivity contribution in [2.45, 2.75) is 45.8 Å². The third-order valence-electron chi connectivity index (χ3n) is 3.25. The predicted octanol–water partition coefficient (Wildman–Crippen LogP) is 2.69. The van der Waals surface area contributed by atoms with Crippen molar-refractivity contribution < 1.29 is 19.4 Å². The van der Waals surface area contributed by atoms with Crippen LogP contribution in [0.4, 0.5) is 0 Å². The first-order valence-corrected chi connectivity index (χ1v) is 7.36. The first-order chi connectivity index (χ1) is 10.5. The molecule has 1 aromatic rings. The number of hydrogen-bond donors (Lipinski definition) is 2. The Bertz CT molecular complexity index is 539. The molecule has 1 rings (SSSR count). The van der Waals surface area contributed by atoms with Crippen LogP contribution < -0.4 is 10.1 Å². The molecule has 0 spiro atoms. The Kier molecular flexibility index (Phi) is 7.16. The average molecular weight is 305 g/mol. The SMILES string of the molecule is C/C=C/CC(NC(=O)C(CC)Oc1ccccc1C)C(=O)O. The van der Waals surface area contributed by atoms with Crippen LogP contribution in [0.15, 0.2) is 36.4 Å². The maximum absolute atomic E-state index is 12.2. The predicted molar refractivity (Wildman–Crippen MR) is 84.9 cm³/mol. The third kappa shape index (κ3) is 5.24. The van der Waals surface area contributed by atoms with Crippen molar-refractivity contribution in [3.05, 3.63) is 42.0 Å². The van der Waals surface area contributed by atoms with Crippen LogP contribution >= 0.6 is 0 Å². The summed E-state index contributed by atoms with van der Waals surface area (Å²) >= 11 is 0. The molecule has 0 fully saturated rings. The Labute approximate surface area is 131 Å². The van der Waals surface area contributed by atoms with Crippen LogP contribution in [-0.2, 0) is 9.59 Å². The summed E-state index contributed by atoms with van der Waals surface area (Å²) in [6, 6.07) is 6.46. The molecular weight excluding hydrogens is 282 g/mol. The molecule has 0 aliphatic heterocycles. The van der Waals surface area contributed by atoms with Gasteiger partial charge in [0.25, 0.3) is 5.91 Å². The van der Waals surface area contributed by atoms with Crippen LogP contribution in [0.5, 0.6) is 5.75 Å². The van der Waals surface area contributed by atoms with Crippen LogP contribution in [0, 0.1) is 6.92 Å². The molecule has 22 heavy (non-hydrogen) atoms. The lowest BCUT2D eigenvalue weighted by Crippen LogP contribution is -2.46. The molecular formula is C17H23NO4. The lowest BCUT2D eigenvalue weighted by Gasteiger charge is -2.20. The Morgan fingerprint density at radius 3 is 2.59 bits per heavy atom. The van der Waals surface area contributed by atoms with Gasteiger partial charge >= 0.3 is 5.97 Å². The zero-order valence-electron chi connectivity index (χ0n) is 13.2. The number of rotatable bonds is 8. The van der Waals surface area contributed by atoms with Gasteiger partial charge in [-0.25, -0.2) is 4.79 Å². The van der Waals surface area contributed by atoms with Crippen LogP contribution in [0.25, 0.3) is 0 Å². The first kappa shape index (κ1) is 17.8. The minimum Gasteiger partial charge on any atom is -0.480 e. The number of aliphatic carboxylic acids is 1. The number of aryl methyl sites for hydroxylation is 1. The number of carbonyl (C=O) groups excluding carboxylic acids is 1. The van der Waals surface area contributed by atoms with Gasteiger partial charge in [-0.1, -0.05) is 37.3 Å². The second-order valence-corrected chi connectivity index (χ2v) is 4.98. The summed E-state index contributed by atoms with van der Waals surface area (Å²) in [4.78, 5) is 23.4. The van der Waals surface area contributed by atoms with E-state index in [4.69, 9.17) is 9.84 Å². The minimum absolute atomic E-state index is 0.248. The Morgan fingerprint density at radius 2 is 2.05 bits per heavy atom. The summed E-state index contributed by atoms with van der Waals surface area (Å²) in [5.74, 6) is -0.843. The van der Waals surface area contributed by atoms with Crippen molar-refractivity contribution in [3.63, 3.8) is 0 Å². The number of carbonyl (C=O) groups is 2. The molecule has 0 bridgehead atoms. The molecule has 2 unspecified atom stereocenters. The van der Waals surface area contributed by atoms with Crippen LogP contribution in [0.1, 0.15) is 32.3 Å². The lowest BCUT2D eigenvalue weighted by molar-refractivity contribution is -0.143. The summed E-state index contributed by atoms with van der Waals surface area (Å²) < 4.78 is 5.72. The first-order valence-electron chi connectivity index (χ1n) is 7.36. The monoisotopic (exact) mass is 305 g/mol. The lowest BCUT2D eigenvalue weighted by atomic mass is 10.1. The highest BCUT2D eigenvalue weighted by Crippen LogP contribution is 2.19. The van der Waals surface area contributed by atoms with Crippen molar-refractivity contribution in [2.24, 2.45) is 0 Å². The van der Waals surface area contributed by atoms with E-state index < -0.39 is 24.0 Å². The summed E-state index contributed by atoms with van der Waals surface area (Å²) in [7, 11) is 0. The Hall–Kier alpha value is -2.30. The quantitative estimate of drug-likeness (QED) is 0.724. The maximum atomic E-state index is 12.2. The fourth-order valence-electron chi connectivity index (χ4n) is 1.92. The minimum atomic E-state index is -1.06. The standard InChI is InChI=1S/C17H23NO4/c1-4-6-10-13(17(20)21)18-16(19)14(5-2)22-15-11-8-7-9-12(15)3/h4,6-9,11,13-14H,5,10H2,1-3H3,(H,18,19)(H,20,21)/b6-4+. The molecule has 0 radical (unpaired) electrons. The molecule has 2 N–H and O–H groups in total. The van der Waals surface area contributed by atoms with Gasteiger partial charge in [-0.15, -0.1) is 0 Å². The van der Waals surface area contributed by atoms with Crippen molar-refractivity contribution in [1.29, 1.82) is 0 Å². The molecule has 2 atom stereocenters. The van der Waals surface area contributed by atoms with Crippen molar-refractivity contribution >= 4 is 11.9 Å². The van der Waals surface area contributed by atoms with Crippen molar-refractivity contribution in [1.82, 2.24) is 5.32 Å². The molecule has 1 amide bonds. The van der Waals surface area contributed by atoms with Gasteiger partial charge in [0, 0.05) is 0 Å². The average Bonchev–Trinajstić information content (AvgIpc) is 2.50. The number of para-hydroxylation sites is 1. The van der Waals surface area contributed by atoms with Crippen molar-refractivity contribution in [2.75, 3.05) is 0 Å². The van der Waals surface area contributed by atoms with E-state index in [9.17, 15) is 9.59 Å². The van der Waals surface area contributed by atoms with E-state index in [1.807, 2.05) is 32.0 Å². The summed E-state index contributed by atoms with van der Waals surface area (Å²) in [6.07, 6.45) is 3.45. The smallest absolute Gasteiger partial charge is 0.326 e. The number of amides is 1. The molecule has 0 aliphatic carbocycles. The molecule has 0 aliphatic rings. The molecule has 0 heterocycles. The number of carboxylic acids is 1. The fourth-order valence-corrected chi connectivity index (χ4v) is 1.92. The molecule has 0 saturated carbocycles. The number of hydrogen-bond acceptors (Lipinski definition) is 3. The second kappa shape index (κ2) is 8.87. The van der Waals surface area contributed by atoms with Gasteiger partial charge in [0.05, 0.1) is 0 Å². The zero-order chi connectivity index (χ0) is 16.5. The van der Waals surface area contributed by atoms with E-state index in [1.54, 1.807) is 25.1 Å². The van der Waals surface area contributed by atoms with E-state index in [1.165, 1.54) is 0 Å². The normalized spacial score (nSPS) is 13.6. The topological polar surface area (TPSA) is 75.6 Å². The largest absolute Gasteiger partial charge is 0.480 e. The van der Waals surface area contributed by atoms with Gasteiger partial charge in [0.1, 0.15) is 11.8 Å². The van der Waals surface area contributed by atoms with Gasteiger partial charge in [0.2, 0.25) is 0 Å². The van der Waals surface area contributed by atoms with Gasteiger partial charge in [-0.3, -0.25) is 4.79 Å². The Morgan fingerprint density at radius 1 is 1.36 bits per heavy atom. The van der Waals surface area contributed by atoms with Gasteiger partial charge in [-0.05, 0) is 38.3 Å². The number of benzene rings is 1. The summed E-state index contributed by atoms with van der Waals surface area (Å²) in [5.41, 5.74) is 0.928. The summed E-state index contributed by atoms with van der Waals surface area (Å²) in [6.45, 7) is 5.52. The molecule has 0 saturated heterocycles. The number of carboxylic acid groups (broad SMARTS) is 1. The van der Waals surface area contributed by atoms with E-state index in [0.29, 0.717) is 12.2 Å². The van der Waals surface area contributed by atoms with E-state index in [-0.39, 0.29) is 6.42 Å². The van der Waals surface area contributed by atoms with Crippen LogP contribution in [0.3, 0.4) is 0 Å². The van der Waals surface area contributed by atoms with Crippen LogP contribution in [0.2, 0.25) is 0 Å². The van der Waals surface area contributed by atoms with Gasteiger partial charge < -0.3 is 15.2 Å². The molecule has 120 valence electrons.